The third kappa shape index (κ3) is 4.67. The maximum Gasteiger partial charge on any atom is 0.248 e. The van der Waals surface area contributed by atoms with Gasteiger partial charge in [-0.3, -0.25) is 9.48 Å². The van der Waals surface area contributed by atoms with Gasteiger partial charge in [0, 0.05) is 47.4 Å². The van der Waals surface area contributed by atoms with Crippen molar-refractivity contribution in [1.82, 2.24) is 9.78 Å². The number of piperidine rings is 1. The van der Waals surface area contributed by atoms with Crippen LogP contribution in [0.5, 0.6) is 0 Å². The topological polar surface area (TPSA) is 93.6 Å². The van der Waals surface area contributed by atoms with E-state index in [0.717, 1.165) is 73.8 Å². The Bertz CT molecular complexity index is 1500. The summed E-state index contributed by atoms with van der Waals surface area (Å²) in [5.74, 6) is -0.00753. The number of benzene rings is 3. The highest BCUT2D eigenvalue weighted by atomic mass is 16.5. The standard InChI is InChI=1S/C33H36N4O3/c34-33(39)24-8-13-30-29(17-24)32(23-6-9-25(10-7-23)37-26-11-12-27(37)19-28(38)18-26)35-36(30)20-21-14-15-40-31(16-21)22-4-2-1-3-5-22/h1-10,13,17,21,26-28,31,38H,11-12,14-16,18-20H2,(H2,34,39). The molecule has 40 heavy (non-hydrogen) atoms. The predicted molar refractivity (Wildman–Crippen MR) is 156 cm³/mol. The van der Waals surface area contributed by atoms with E-state index in [-0.39, 0.29) is 12.2 Å². The minimum Gasteiger partial charge on any atom is -0.393 e. The van der Waals surface area contributed by atoms with Crippen LogP contribution in [0.3, 0.4) is 0 Å². The SMILES string of the molecule is NC(=O)c1ccc2c(c1)c(-c1ccc(N3C4CCC3CC(O)C4)cc1)nn2CC1CCOC(c2ccccc2)C1. The van der Waals surface area contributed by atoms with E-state index in [1.54, 1.807) is 6.07 Å². The molecular weight excluding hydrogens is 500 g/mol. The zero-order valence-corrected chi connectivity index (χ0v) is 22.7. The van der Waals surface area contributed by atoms with Crippen LogP contribution in [0.25, 0.3) is 22.2 Å². The summed E-state index contributed by atoms with van der Waals surface area (Å²) in [6.07, 6.45) is 5.84. The Labute approximate surface area is 234 Å². The third-order valence-corrected chi connectivity index (χ3v) is 9.18. The first-order valence-corrected chi connectivity index (χ1v) is 14.6. The second-order valence-electron chi connectivity index (χ2n) is 11.8. The highest BCUT2D eigenvalue weighted by Crippen LogP contribution is 2.40. The molecule has 3 fully saturated rings. The molecule has 4 unspecified atom stereocenters. The van der Waals surface area contributed by atoms with Gasteiger partial charge in [-0.2, -0.15) is 5.10 Å². The van der Waals surface area contributed by atoms with Crippen molar-refractivity contribution in [3.05, 3.63) is 83.9 Å². The van der Waals surface area contributed by atoms with E-state index in [1.165, 1.54) is 11.3 Å². The first kappa shape index (κ1) is 25.3. The van der Waals surface area contributed by atoms with Gasteiger partial charge in [-0.1, -0.05) is 42.5 Å². The van der Waals surface area contributed by atoms with Crippen LogP contribution >= 0.6 is 0 Å². The van der Waals surface area contributed by atoms with Gasteiger partial charge in [-0.25, -0.2) is 0 Å². The molecule has 3 aliphatic rings. The molecule has 2 bridgehead atoms. The summed E-state index contributed by atoms with van der Waals surface area (Å²) in [6, 6.07) is 25.6. The molecule has 3 aliphatic heterocycles. The van der Waals surface area contributed by atoms with Crippen molar-refractivity contribution >= 4 is 22.5 Å². The van der Waals surface area contributed by atoms with Crippen LogP contribution in [0.1, 0.15) is 60.6 Å². The molecule has 7 nitrogen and oxygen atoms in total. The number of nitrogens with zero attached hydrogens (tertiary/aromatic N) is 3. The molecule has 1 aromatic heterocycles. The van der Waals surface area contributed by atoms with Gasteiger partial charge >= 0.3 is 0 Å². The Morgan fingerprint density at radius 2 is 1.70 bits per heavy atom. The summed E-state index contributed by atoms with van der Waals surface area (Å²) in [7, 11) is 0. The molecule has 3 N–H and O–H groups in total. The lowest BCUT2D eigenvalue weighted by Crippen LogP contribution is -2.44. The lowest BCUT2D eigenvalue weighted by atomic mass is 9.92. The third-order valence-electron chi connectivity index (χ3n) is 9.18. The van der Waals surface area contributed by atoms with Crippen molar-refractivity contribution < 1.29 is 14.6 Å². The van der Waals surface area contributed by atoms with Gasteiger partial charge in [0.1, 0.15) is 5.69 Å². The van der Waals surface area contributed by atoms with Crippen LogP contribution < -0.4 is 10.6 Å². The Morgan fingerprint density at radius 1 is 0.950 bits per heavy atom. The Hall–Kier alpha value is -3.68. The molecule has 7 heteroatoms. The Kier molecular flexibility index (Phi) is 6.56. The summed E-state index contributed by atoms with van der Waals surface area (Å²) >= 11 is 0. The molecule has 0 radical (unpaired) electrons. The van der Waals surface area contributed by atoms with E-state index in [4.69, 9.17) is 15.6 Å². The number of aliphatic hydroxyl groups is 1. The van der Waals surface area contributed by atoms with Crippen LogP contribution in [0.4, 0.5) is 5.69 Å². The fourth-order valence-corrected chi connectivity index (χ4v) is 7.22. The van der Waals surface area contributed by atoms with E-state index in [9.17, 15) is 9.90 Å². The van der Waals surface area contributed by atoms with E-state index >= 15 is 0 Å². The second kappa shape index (κ2) is 10.4. The number of primary amides is 1. The first-order chi connectivity index (χ1) is 19.5. The number of ether oxygens (including phenoxy) is 1. The first-order valence-electron chi connectivity index (χ1n) is 14.6. The fourth-order valence-electron chi connectivity index (χ4n) is 7.22. The summed E-state index contributed by atoms with van der Waals surface area (Å²) in [5.41, 5.74) is 11.5. The van der Waals surface area contributed by atoms with Gasteiger partial charge < -0.3 is 20.5 Å². The molecule has 206 valence electrons. The number of hydrogen-bond acceptors (Lipinski definition) is 5. The highest BCUT2D eigenvalue weighted by Gasteiger charge is 2.40. The minimum absolute atomic E-state index is 0.0986. The van der Waals surface area contributed by atoms with Gasteiger partial charge in [0.2, 0.25) is 5.91 Å². The number of carbonyl (C=O) groups excluding carboxylic acids is 1. The van der Waals surface area contributed by atoms with Crippen molar-refractivity contribution in [3.8, 4) is 11.3 Å². The largest absolute Gasteiger partial charge is 0.393 e. The highest BCUT2D eigenvalue weighted by molar-refractivity contribution is 6.01. The Morgan fingerprint density at radius 3 is 2.42 bits per heavy atom. The van der Waals surface area contributed by atoms with E-state index in [0.29, 0.717) is 23.6 Å². The van der Waals surface area contributed by atoms with Crippen LogP contribution in [0.2, 0.25) is 0 Å². The summed E-state index contributed by atoms with van der Waals surface area (Å²) in [5, 5.41) is 16.3. The minimum atomic E-state index is -0.436. The normalized spacial score (nSPS) is 26.3. The number of nitrogens with two attached hydrogens (primary N) is 1. The zero-order valence-electron chi connectivity index (χ0n) is 22.7. The fraction of sp³-hybridized carbons (Fsp3) is 0.394. The smallest absolute Gasteiger partial charge is 0.248 e. The number of carbonyl (C=O) groups is 1. The van der Waals surface area contributed by atoms with E-state index in [2.05, 4.69) is 58.1 Å². The van der Waals surface area contributed by atoms with Gasteiger partial charge in [0.25, 0.3) is 0 Å². The van der Waals surface area contributed by atoms with Gasteiger partial charge in [0.05, 0.1) is 17.7 Å². The molecule has 3 aromatic carbocycles. The van der Waals surface area contributed by atoms with Crippen molar-refractivity contribution in [1.29, 1.82) is 0 Å². The van der Waals surface area contributed by atoms with Crippen molar-refractivity contribution in [2.24, 2.45) is 11.7 Å². The average molecular weight is 537 g/mol. The molecule has 4 atom stereocenters. The molecule has 4 heterocycles. The van der Waals surface area contributed by atoms with Crippen LogP contribution in [-0.4, -0.2) is 45.6 Å². The van der Waals surface area contributed by atoms with Crippen molar-refractivity contribution in [2.75, 3.05) is 11.5 Å². The monoisotopic (exact) mass is 536 g/mol. The zero-order chi connectivity index (χ0) is 27.2. The number of aromatic nitrogens is 2. The second-order valence-corrected chi connectivity index (χ2v) is 11.8. The number of rotatable bonds is 6. The van der Waals surface area contributed by atoms with E-state index in [1.807, 2.05) is 18.2 Å². The van der Waals surface area contributed by atoms with Crippen LogP contribution in [-0.2, 0) is 11.3 Å². The lowest BCUT2D eigenvalue weighted by molar-refractivity contribution is -0.0142. The number of anilines is 1. The molecule has 4 aromatic rings. The summed E-state index contributed by atoms with van der Waals surface area (Å²) in [6.45, 7) is 1.52. The molecule has 1 amide bonds. The van der Waals surface area contributed by atoms with Crippen molar-refractivity contribution in [3.63, 3.8) is 0 Å². The van der Waals surface area contributed by atoms with Crippen molar-refractivity contribution in [2.45, 2.75) is 69.4 Å². The average Bonchev–Trinajstić information content (AvgIpc) is 3.47. The molecule has 3 saturated heterocycles. The van der Waals surface area contributed by atoms with Crippen LogP contribution in [0.15, 0.2) is 72.8 Å². The summed E-state index contributed by atoms with van der Waals surface area (Å²) in [4.78, 5) is 14.6. The maximum atomic E-state index is 12.1. The quantitative estimate of drug-likeness (QED) is 0.341. The van der Waals surface area contributed by atoms with Gasteiger partial charge in [0.15, 0.2) is 0 Å². The molecule has 0 saturated carbocycles. The maximum absolute atomic E-state index is 12.1. The van der Waals surface area contributed by atoms with Gasteiger partial charge in [-0.15, -0.1) is 0 Å². The molecule has 0 aliphatic carbocycles. The van der Waals surface area contributed by atoms with E-state index < -0.39 is 5.91 Å². The molecule has 7 rings (SSSR count). The molecular formula is C33H36N4O3. The van der Waals surface area contributed by atoms with Crippen LogP contribution in [0, 0.1) is 5.92 Å². The predicted octanol–water partition coefficient (Wildman–Crippen LogP) is 5.46. The summed E-state index contributed by atoms with van der Waals surface area (Å²) < 4.78 is 8.23. The Balaban J connectivity index is 1.19. The number of amides is 1. The molecule has 0 spiro atoms. The lowest BCUT2D eigenvalue weighted by Gasteiger charge is -2.39. The number of fused-ring (bicyclic) bond motifs is 3. The number of hydrogen-bond donors (Lipinski definition) is 2. The number of aliphatic hydroxyl groups excluding tert-OH is 1. The van der Waals surface area contributed by atoms with Gasteiger partial charge in [-0.05, 0) is 80.3 Å².